The van der Waals surface area contributed by atoms with Gasteiger partial charge in [-0.2, -0.15) is 0 Å². The topological polar surface area (TPSA) is 41.7 Å². The van der Waals surface area contributed by atoms with Crippen LogP contribution in [0.4, 0.5) is 24.5 Å². The molecule has 1 aliphatic rings. The maximum absolute atomic E-state index is 12.2. The summed E-state index contributed by atoms with van der Waals surface area (Å²) < 4.78 is 40.7. The fourth-order valence-corrected chi connectivity index (χ4v) is 2.00. The van der Waals surface area contributed by atoms with Crippen LogP contribution in [-0.4, -0.2) is 44.5 Å². The SMILES string of the molecule is CN1CCN(c2ccc(N)c(OC(F)(F)F)c2)CC1.Cl.Cl.Cl. The second kappa shape index (κ2) is 9.39. The molecule has 0 unspecified atom stereocenters. The number of piperazine rings is 1. The van der Waals surface area contributed by atoms with Gasteiger partial charge in [0.05, 0.1) is 5.69 Å². The molecule has 2 rings (SSSR count). The second-order valence-corrected chi connectivity index (χ2v) is 4.56. The van der Waals surface area contributed by atoms with Gasteiger partial charge in [-0.05, 0) is 19.2 Å². The number of alkyl halides is 3. The lowest BCUT2D eigenvalue weighted by Gasteiger charge is -2.34. The lowest BCUT2D eigenvalue weighted by molar-refractivity contribution is -0.274. The maximum Gasteiger partial charge on any atom is 0.573 e. The highest BCUT2D eigenvalue weighted by Gasteiger charge is 2.32. The van der Waals surface area contributed by atoms with Gasteiger partial charge in [0.15, 0.2) is 5.75 Å². The van der Waals surface area contributed by atoms with Gasteiger partial charge >= 0.3 is 6.36 Å². The highest BCUT2D eigenvalue weighted by atomic mass is 35.5. The second-order valence-electron chi connectivity index (χ2n) is 4.56. The van der Waals surface area contributed by atoms with Gasteiger partial charge in [-0.25, -0.2) is 0 Å². The molecule has 0 aliphatic carbocycles. The molecule has 1 saturated heterocycles. The molecule has 130 valence electrons. The van der Waals surface area contributed by atoms with Crippen molar-refractivity contribution in [1.29, 1.82) is 0 Å². The fourth-order valence-electron chi connectivity index (χ4n) is 2.00. The minimum absolute atomic E-state index is 0. The molecule has 0 bridgehead atoms. The van der Waals surface area contributed by atoms with E-state index in [1.807, 2.05) is 11.9 Å². The van der Waals surface area contributed by atoms with Crippen molar-refractivity contribution in [3.63, 3.8) is 0 Å². The molecule has 1 aliphatic heterocycles. The Morgan fingerprint density at radius 2 is 1.59 bits per heavy atom. The zero-order valence-corrected chi connectivity index (χ0v) is 14.2. The standard InChI is InChI=1S/C12H16F3N3O.3ClH/c1-17-4-6-18(7-5-17)9-2-3-10(16)11(8-9)19-12(13,14)15;;;/h2-3,8H,4-7,16H2,1H3;3*1H. The molecule has 1 heterocycles. The summed E-state index contributed by atoms with van der Waals surface area (Å²) in [6, 6.07) is 4.49. The van der Waals surface area contributed by atoms with Crippen LogP contribution in [0.3, 0.4) is 0 Å². The van der Waals surface area contributed by atoms with E-state index in [0.29, 0.717) is 5.69 Å². The Hall–Kier alpha value is -0.760. The molecule has 10 heteroatoms. The van der Waals surface area contributed by atoms with Crippen LogP contribution in [0, 0.1) is 0 Å². The molecular formula is C12H19Cl3F3N3O. The molecule has 0 radical (unpaired) electrons. The third-order valence-corrected chi connectivity index (χ3v) is 3.09. The summed E-state index contributed by atoms with van der Waals surface area (Å²) in [6.45, 7) is 3.29. The van der Waals surface area contributed by atoms with Crippen molar-refractivity contribution in [3.8, 4) is 5.75 Å². The van der Waals surface area contributed by atoms with E-state index in [1.54, 1.807) is 6.07 Å². The smallest absolute Gasteiger partial charge is 0.404 e. The summed E-state index contributed by atoms with van der Waals surface area (Å²) in [6.07, 6.45) is -4.73. The summed E-state index contributed by atoms with van der Waals surface area (Å²) in [7, 11) is 2.01. The minimum atomic E-state index is -4.73. The molecule has 0 amide bonds. The highest BCUT2D eigenvalue weighted by Crippen LogP contribution is 2.32. The first-order valence-corrected chi connectivity index (χ1v) is 5.94. The Kier molecular flexibility index (Phi) is 10.0. The maximum atomic E-state index is 12.2. The van der Waals surface area contributed by atoms with Crippen LogP contribution in [0.1, 0.15) is 0 Å². The average Bonchev–Trinajstić information content (AvgIpc) is 2.31. The van der Waals surface area contributed by atoms with Crippen molar-refractivity contribution in [2.45, 2.75) is 6.36 Å². The number of benzene rings is 1. The molecule has 0 spiro atoms. The monoisotopic (exact) mass is 383 g/mol. The number of ether oxygens (including phenoxy) is 1. The lowest BCUT2D eigenvalue weighted by Crippen LogP contribution is -2.44. The molecule has 22 heavy (non-hydrogen) atoms. The normalized spacial score (nSPS) is 15.2. The number of hydrogen-bond donors (Lipinski definition) is 1. The number of anilines is 2. The zero-order chi connectivity index (χ0) is 14.0. The zero-order valence-electron chi connectivity index (χ0n) is 11.8. The minimum Gasteiger partial charge on any atom is -0.404 e. The van der Waals surface area contributed by atoms with Gasteiger partial charge in [0.25, 0.3) is 0 Å². The molecule has 1 fully saturated rings. The van der Waals surface area contributed by atoms with Crippen molar-refractivity contribution in [3.05, 3.63) is 18.2 Å². The number of nitrogens with two attached hydrogens (primary N) is 1. The van der Waals surface area contributed by atoms with Gasteiger partial charge in [0.2, 0.25) is 0 Å². The largest absolute Gasteiger partial charge is 0.573 e. The Balaban J connectivity index is 0. The van der Waals surface area contributed by atoms with Crippen molar-refractivity contribution < 1.29 is 17.9 Å². The molecular weight excluding hydrogens is 366 g/mol. The van der Waals surface area contributed by atoms with E-state index < -0.39 is 6.36 Å². The number of halogens is 6. The van der Waals surface area contributed by atoms with Crippen LogP contribution in [0.2, 0.25) is 0 Å². The van der Waals surface area contributed by atoms with E-state index in [1.165, 1.54) is 12.1 Å². The van der Waals surface area contributed by atoms with Crippen LogP contribution in [0.25, 0.3) is 0 Å². The van der Waals surface area contributed by atoms with Gasteiger partial charge in [-0.3, -0.25) is 0 Å². The van der Waals surface area contributed by atoms with Gasteiger partial charge in [-0.1, -0.05) is 0 Å². The van der Waals surface area contributed by atoms with Gasteiger partial charge in [0, 0.05) is 37.9 Å². The number of rotatable bonds is 2. The van der Waals surface area contributed by atoms with E-state index in [9.17, 15) is 13.2 Å². The van der Waals surface area contributed by atoms with E-state index >= 15 is 0 Å². The van der Waals surface area contributed by atoms with Crippen LogP contribution < -0.4 is 15.4 Å². The van der Waals surface area contributed by atoms with E-state index in [4.69, 9.17) is 5.73 Å². The van der Waals surface area contributed by atoms with E-state index in [2.05, 4.69) is 9.64 Å². The average molecular weight is 385 g/mol. The van der Waals surface area contributed by atoms with E-state index in [-0.39, 0.29) is 48.7 Å². The Morgan fingerprint density at radius 1 is 1.05 bits per heavy atom. The fraction of sp³-hybridized carbons (Fsp3) is 0.500. The predicted molar refractivity (Wildman–Crippen MR) is 89.0 cm³/mol. The molecule has 0 saturated carbocycles. The Morgan fingerprint density at radius 3 is 2.09 bits per heavy atom. The van der Waals surface area contributed by atoms with Crippen LogP contribution in [-0.2, 0) is 0 Å². The summed E-state index contributed by atoms with van der Waals surface area (Å²) in [5.74, 6) is -0.344. The summed E-state index contributed by atoms with van der Waals surface area (Å²) in [4.78, 5) is 4.18. The molecule has 0 atom stereocenters. The van der Waals surface area contributed by atoms with Gasteiger partial charge in [-0.15, -0.1) is 50.4 Å². The Bertz CT molecular complexity index is 455. The van der Waals surface area contributed by atoms with Gasteiger partial charge in [0.1, 0.15) is 0 Å². The summed E-state index contributed by atoms with van der Waals surface area (Å²) >= 11 is 0. The van der Waals surface area contributed by atoms with Crippen molar-refractivity contribution in [2.24, 2.45) is 0 Å². The summed E-state index contributed by atoms with van der Waals surface area (Å²) in [5, 5.41) is 0. The predicted octanol–water partition coefficient (Wildman–Crippen LogP) is 3.18. The van der Waals surface area contributed by atoms with E-state index in [0.717, 1.165) is 26.2 Å². The first kappa shape index (κ1) is 23.5. The lowest BCUT2D eigenvalue weighted by atomic mass is 10.2. The van der Waals surface area contributed by atoms with Crippen molar-refractivity contribution in [2.75, 3.05) is 43.9 Å². The Labute approximate surface area is 146 Å². The molecule has 1 aromatic carbocycles. The van der Waals surface area contributed by atoms with Crippen LogP contribution >= 0.6 is 37.2 Å². The third kappa shape index (κ3) is 6.56. The van der Waals surface area contributed by atoms with Gasteiger partial charge < -0.3 is 20.3 Å². The van der Waals surface area contributed by atoms with Crippen LogP contribution in [0.15, 0.2) is 18.2 Å². The van der Waals surface area contributed by atoms with Crippen molar-refractivity contribution in [1.82, 2.24) is 4.90 Å². The third-order valence-electron chi connectivity index (χ3n) is 3.09. The number of nitrogens with zero attached hydrogens (tertiary/aromatic N) is 2. The first-order valence-electron chi connectivity index (χ1n) is 5.94. The number of likely N-dealkylation sites (N-methyl/N-ethyl adjacent to an activating group) is 1. The first-order chi connectivity index (χ1) is 8.85. The number of nitrogen functional groups attached to an aromatic ring is 1. The highest BCUT2D eigenvalue weighted by molar-refractivity contribution is 5.86. The number of hydrogen-bond acceptors (Lipinski definition) is 4. The summed E-state index contributed by atoms with van der Waals surface area (Å²) in [5.41, 5.74) is 6.17. The molecule has 4 nitrogen and oxygen atoms in total. The van der Waals surface area contributed by atoms with Crippen molar-refractivity contribution >= 4 is 48.6 Å². The molecule has 2 N–H and O–H groups in total. The molecule has 1 aromatic rings. The van der Waals surface area contributed by atoms with Crippen LogP contribution in [0.5, 0.6) is 5.75 Å². The quantitative estimate of drug-likeness (QED) is 0.795. The molecule has 0 aromatic heterocycles.